The number of nitrogens with one attached hydrogen (secondary N) is 2. The minimum Gasteiger partial charge on any atom is -0.452 e. The molecule has 27 heavy (non-hydrogen) atoms. The van der Waals surface area contributed by atoms with Crippen LogP contribution in [-0.2, 0) is 14.3 Å². The van der Waals surface area contributed by atoms with E-state index in [9.17, 15) is 14.4 Å². The van der Waals surface area contributed by atoms with E-state index in [2.05, 4.69) is 15.2 Å². The maximum atomic E-state index is 12.3. The van der Waals surface area contributed by atoms with Crippen LogP contribution in [0.2, 0.25) is 0 Å². The fourth-order valence-electron chi connectivity index (χ4n) is 3.16. The summed E-state index contributed by atoms with van der Waals surface area (Å²) in [5, 5.41) is 5.29. The standard InChI is InChI=1S/C20H23N3O4/c1-12-9-18(13(2)23(12)17-7-8-17)20(26)27-11-19(25)22-16-6-4-5-15(10-16)21-14(3)24/h4-6,9-10,17H,7-8,11H2,1-3H3,(H,21,24)(H,22,25). The van der Waals surface area contributed by atoms with Gasteiger partial charge in [0.2, 0.25) is 5.91 Å². The molecule has 2 aromatic rings. The van der Waals surface area contributed by atoms with Crippen molar-refractivity contribution in [2.45, 2.75) is 39.7 Å². The number of esters is 1. The predicted octanol–water partition coefficient (Wildman–Crippen LogP) is 3.19. The minimum absolute atomic E-state index is 0.198. The smallest absolute Gasteiger partial charge is 0.340 e. The molecule has 1 saturated carbocycles. The molecule has 0 bridgehead atoms. The summed E-state index contributed by atoms with van der Waals surface area (Å²) in [5.41, 5.74) is 3.49. The van der Waals surface area contributed by atoms with Gasteiger partial charge in [0, 0.05) is 35.7 Å². The highest BCUT2D eigenvalue weighted by molar-refractivity contribution is 5.97. The van der Waals surface area contributed by atoms with E-state index in [4.69, 9.17) is 4.74 Å². The van der Waals surface area contributed by atoms with Crippen LogP contribution in [-0.4, -0.2) is 29.0 Å². The van der Waals surface area contributed by atoms with Gasteiger partial charge in [-0.15, -0.1) is 0 Å². The Morgan fingerprint density at radius 1 is 1.11 bits per heavy atom. The Balaban J connectivity index is 1.57. The molecule has 0 saturated heterocycles. The molecule has 1 aliphatic carbocycles. The Morgan fingerprint density at radius 3 is 2.41 bits per heavy atom. The zero-order valence-corrected chi connectivity index (χ0v) is 15.7. The summed E-state index contributed by atoms with van der Waals surface area (Å²) in [6.45, 7) is 4.90. The number of carbonyl (C=O) groups excluding carboxylic acids is 3. The molecule has 7 heteroatoms. The van der Waals surface area contributed by atoms with E-state index in [1.165, 1.54) is 6.92 Å². The SMILES string of the molecule is CC(=O)Nc1cccc(NC(=O)COC(=O)c2cc(C)n(C3CC3)c2C)c1. The van der Waals surface area contributed by atoms with Crippen molar-refractivity contribution in [1.29, 1.82) is 0 Å². The van der Waals surface area contributed by atoms with Crippen LogP contribution in [0.3, 0.4) is 0 Å². The van der Waals surface area contributed by atoms with Gasteiger partial charge in [0.05, 0.1) is 5.56 Å². The van der Waals surface area contributed by atoms with E-state index in [-0.39, 0.29) is 12.5 Å². The van der Waals surface area contributed by atoms with Crippen LogP contribution in [0, 0.1) is 13.8 Å². The highest BCUT2D eigenvalue weighted by atomic mass is 16.5. The Labute approximate surface area is 157 Å². The zero-order valence-electron chi connectivity index (χ0n) is 15.7. The van der Waals surface area contributed by atoms with Crippen molar-refractivity contribution in [2.75, 3.05) is 17.2 Å². The number of ether oxygens (including phenoxy) is 1. The third-order valence-electron chi connectivity index (χ3n) is 4.42. The Morgan fingerprint density at radius 2 is 1.78 bits per heavy atom. The molecular formula is C20H23N3O4. The summed E-state index contributed by atoms with van der Waals surface area (Å²) >= 11 is 0. The quantitative estimate of drug-likeness (QED) is 0.765. The lowest BCUT2D eigenvalue weighted by molar-refractivity contribution is -0.119. The van der Waals surface area contributed by atoms with E-state index in [0.29, 0.717) is 23.0 Å². The van der Waals surface area contributed by atoms with Gasteiger partial charge >= 0.3 is 5.97 Å². The van der Waals surface area contributed by atoms with Gasteiger partial charge in [0.25, 0.3) is 5.91 Å². The molecule has 0 radical (unpaired) electrons. The highest BCUT2D eigenvalue weighted by Crippen LogP contribution is 2.38. The largest absolute Gasteiger partial charge is 0.452 e. The topological polar surface area (TPSA) is 89.4 Å². The molecule has 1 aromatic carbocycles. The highest BCUT2D eigenvalue weighted by Gasteiger charge is 2.28. The Bertz CT molecular complexity index is 897. The molecule has 3 rings (SSSR count). The first-order valence-corrected chi connectivity index (χ1v) is 8.88. The second-order valence-corrected chi connectivity index (χ2v) is 6.77. The number of nitrogens with zero attached hydrogens (tertiary/aromatic N) is 1. The Hall–Kier alpha value is -3.09. The van der Waals surface area contributed by atoms with Crippen LogP contribution in [0.25, 0.3) is 0 Å². The van der Waals surface area contributed by atoms with Gasteiger partial charge in [0.1, 0.15) is 0 Å². The van der Waals surface area contributed by atoms with Crippen molar-refractivity contribution >= 4 is 29.2 Å². The summed E-state index contributed by atoms with van der Waals surface area (Å²) in [4.78, 5) is 35.5. The van der Waals surface area contributed by atoms with Crippen molar-refractivity contribution in [2.24, 2.45) is 0 Å². The zero-order chi connectivity index (χ0) is 19.6. The lowest BCUT2D eigenvalue weighted by Crippen LogP contribution is -2.21. The number of carbonyl (C=O) groups is 3. The summed E-state index contributed by atoms with van der Waals surface area (Å²) in [6.07, 6.45) is 2.26. The van der Waals surface area contributed by atoms with E-state index >= 15 is 0 Å². The molecule has 1 heterocycles. The predicted molar refractivity (Wildman–Crippen MR) is 102 cm³/mol. The average Bonchev–Trinajstić information content (AvgIpc) is 3.37. The molecule has 2 amide bonds. The van der Waals surface area contributed by atoms with Crippen molar-refractivity contribution < 1.29 is 19.1 Å². The lowest BCUT2D eigenvalue weighted by atomic mass is 10.2. The van der Waals surface area contributed by atoms with Crippen molar-refractivity contribution in [3.05, 3.63) is 47.3 Å². The number of rotatable bonds is 6. The van der Waals surface area contributed by atoms with Gasteiger partial charge in [-0.2, -0.15) is 0 Å². The van der Waals surface area contributed by atoms with Gasteiger partial charge < -0.3 is 19.9 Å². The molecule has 0 spiro atoms. The molecule has 1 aliphatic rings. The van der Waals surface area contributed by atoms with Crippen LogP contribution < -0.4 is 10.6 Å². The van der Waals surface area contributed by atoms with E-state index in [1.54, 1.807) is 24.3 Å². The third-order valence-corrected chi connectivity index (χ3v) is 4.42. The summed E-state index contributed by atoms with van der Waals surface area (Å²) in [6, 6.07) is 9.03. The van der Waals surface area contributed by atoms with Crippen LogP contribution in [0.5, 0.6) is 0 Å². The molecule has 1 fully saturated rings. The minimum atomic E-state index is -0.503. The van der Waals surface area contributed by atoms with Crippen LogP contribution >= 0.6 is 0 Å². The van der Waals surface area contributed by atoms with Gasteiger partial charge in [-0.05, 0) is 51.0 Å². The average molecular weight is 369 g/mol. The molecular weight excluding hydrogens is 346 g/mol. The normalized spacial score (nSPS) is 13.1. The number of hydrogen-bond donors (Lipinski definition) is 2. The first kappa shape index (κ1) is 18.7. The summed E-state index contributed by atoms with van der Waals surface area (Å²) in [5.74, 6) is -1.15. The maximum absolute atomic E-state index is 12.3. The van der Waals surface area contributed by atoms with Gasteiger partial charge in [-0.3, -0.25) is 9.59 Å². The first-order valence-electron chi connectivity index (χ1n) is 8.88. The van der Waals surface area contributed by atoms with E-state index in [1.807, 2.05) is 19.9 Å². The third kappa shape index (κ3) is 4.55. The number of hydrogen-bond acceptors (Lipinski definition) is 4. The second-order valence-electron chi connectivity index (χ2n) is 6.77. The van der Waals surface area contributed by atoms with Gasteiger partial charge in [-0.25, -0.2) is 4.79 Å². The Kier molecular flexibility index (Phi) is 5.30. The fraction of sp³-hybridized carbons (Fsp3) is 0.350. The number of amides is 2. The first-order chi connectivity index (χ1) is 12.8. The van der Waals surface area contributed by atoms with Crippen molar-refractivity contribution in [3.8, 4) is 0 Å². The number of aryl methyl sites for hydroxylation is 1. The van der Waals surface area contributed by atoms with Crippen molar-refractivity contribution in [1.82, 2.24) is 4.57 Å². The summed E-state index contributed by atoms with van der Waals surface area (Å²) < 4.78 is 7.33. The van der Waals surface area contributed by atoms with Gasteiger partial charge in [-0.1, -0.05) is 6.07 Å². The number of anilines is 2. The molecule has 142 valence electrons. The van der Waals surface area contributed by atoms with E-state index < -0.39 is 11.9 Å². The van der Waals surface area contributed by atoms with Crippen LogP contribution in [0.1, 0.15) is 47.6 Å². The van der Waals surface area contributed by atoms with Crippen LogP contribution in [0.4, 0.5) is 11.4 Å². The van der Waals surface area contributed by atoms with E-state index in [0.717, 1.165) is 24.2 Å². The monoisotopic (exact) mass is 369 g/mol. The lowest BCUT2D eigenvalue weighted by Gasteiger charge is -2.09. The van der Waals surface area contributed by atoms with Gasteiger partial charge in [0.15, 0.2) is 6.61 Å². The molecule has 2 N–H and O–H groups in total. The second kappa shape index (κ2) is 7.65. The van der Waals surface area contributed by atoms with Crippen molar-refractivity contribution in [3.63, 3.8) is 0 Å². The molecule has 0 unspecified atom stereocenters. The molecule has 1 aromatic heterocycles. The summed E-state index contributed by atoms with van der Waals surface area (Å²) in [7, 11) is 0. The fourth-order valence-corrected chi connectivity index (χ4v) is 3.16. The number of benzene rings is 1. The molecule has 0 aliphatic heterocycles. The molecule has 7 nitrogen and oxygen atoms in total. The number of aromatic nitrogens is 1. The van der Waals surface area contributed by atoms with Crippen LogP contribution in [0.15, 0.2) is 30.3 Å². The molecule has 0 atom stereocenters. The maximum Gasteiger partial charge on any atom is 0.340 e.